The molecule has 0 fully saturated rings. The lowest BCUT2D eigenvalue weighted by atomic mass is 9.81. The molecule has 0 amide bonds. The number of anilines is 1. The molecule has 3 N–H and O–H groups in total. The summed E-state index contributed by atoms with van der Waals surface area (Å²) in [4.78, 5) is 13.6. The molecule has 0 spiro atoms. The topological polar surface area (TPSA) is 152 Å². The molecule has 2 heterocycles. The van der Waals surface area contributed by atoms with Gasteiger partial charge in [-0.2, -0.15) is 21.4 Å². The lowest BCUT2D eigenvalue weighted by Gasteiger charge is -2.27. The summed E-state index contributed by atoms with van der Waals surface area (Å²) in [6, 6.07) is 10.4. The highest BCUT2D eigenvalue weighted by Gasteiger charge is 2.45. The summed E-state index contributed by atoms with van der Waals surface area (Å²) < 4.78 is 69.2. The van der Waals surface area contributed by atoms with Crippen molar-refractivity contribution in [3.05, 3.63) is 98.7 Å². The lowest BCUT2D eigenvalue weighted by Crippen LogP contribution is -2.28. The van der Waals surface area contributed by atoms with Crippen molar-refractivity contribution < 1.29 is 40.4 Å². The Labute approximate surface area is 316 Å². The quantitative estimate of drug-likeness (QED) is 0.135. The Hall–Kier alpha value is -3.36. The van der Waals surface area contributed by atoms with Gasteiger partial charge in [0.05, 0.1) is 22.5 Å². The molecule has 2 aliphatic heterocycles. The first-order valence-corrected chi connectivity index (χ1v) is 21.4. The number of hydrogen-bond donors (Lipinski definition) is 3. The summed E-state index contributed by atoms with van der Waals surface area (Å²) in [5.74, 6) is -1.27. The summed E-state index contributed by atoms with van der Waals surface area (Å²) in [7, 11) is -8.62. The molecule has 0 saturated carbocycles. The van der Waals surface area contributed by atoms with Crippen molar-refractivity contribution in [1.29, 1.82) is 0 Å². The first-order valence-electron chi connectivity index (χ1n) is 17.6. The van der Waals surface area contributed by atoms with E-state index in [9.17, 15) is 35.8 Å². The highest BCUT2D eigenvalue weighted by molar-refractivity contribution is 9.12. The minimum Gasteiger partial charge on any atom is -0.481 e. The van der Waals surface area contributed by atoms with Gasteiger partial charge in [0.25, 0.3) is 20.2 Å². The molecular weight excluding hydrogens is 768 g/mol. The number of benzene rings is 2. The molecule has 0 atom stereocenters. The largest absolute Gasteiger partial charge is 0.481 e. The number of carboxylic acid groups (broad SMARTS) is 1. The van der Waals surface area contributed by atoms with E-state index in [1.165, 1.54) is 12.1 Å². The number of allylic oxidation sites excluding steroid dienone is 8. The second-order valence-corrected chi connectivity index (χ2v) is 18.6. The van der Waals surface area contributed by atoms with Crippen LogP contribution in [0.1, 0.15) is 89.8 Å². The molecule has 52 heavy (non-hydrogen) atoms. The van der Waals surface area contributed by atoms with Crippen LogP contribution in [0.5, 0.6) is 0 Å². The van der Waals surface area contributed by atoms with Gasteiger partial charge in [0.2, 0.25) is 5.69 Å². The van der Waals surface area contributed by atoms with Gasteiger partial charge in [-0.3, -0.25) is 13.9 Å². The fourth-order valence-corrected chi connectivity index (χ4v) is 9.25. The maximum atomic E-state index is 12.0. The van der Waals surface area contributed by atoms with E-state index in [1.807, 2.05) is 42.7 Å². The number of halogens is 1. The lowest BCUT2D eigenvalue weighted by molar-refractivity contribution is -0.437. The highest BCUT2D eigenvalue weighted by Crippen LogP contribution is 2.49. The smallest absolute Gasteiger partial charge is 0.307 e. The Kier molecular flexibility index (Phi) is 11.6. The highest BCUT2D eigenvalue weighted by atomic mass is 79.9. The molecular formula is C39H48BrN2O8S2+. The zero-order valence-electron chi connectivity index (χ0n) is 30.3. The molecule has 13 heteroatoms. The van der Waals surface area contributed by atoms with E-state index >= 15 is 0 Å². The van der Waals surface area contributed by atoms with E-state index in [0.29, 0.717) is 11.3 Å². The summed E-state index contributed by atoms with van der Waals surface area (Å²) in [6.07, 6.45) is 13.2. The fourth-order valence-electron chi connectivity index (χ4n) is 7.59. The molecule has 1 aliphatic carbocycles. The van der Waals surface area contributed by atoms with E-state index in [2.05, 4.69) is 59.8 Å². The van der Waals surface area contributed by atoms with Crippen molar-refractivity contribution in [1.82, 2.24) is 0 Å². The minimum absolute atomic E-state index is 0.0220. The van der Waals surface area contributed by atoms with Gasteiger partial charge in [0.1, 0.15) is 6.54 Å². The van der Waals surface area contributed by atoms with Gasteiger partial charge >= 0.3 is 5.97 Å². The average Bonchev–Trinajstić information content (AvgIpc) is 3.39. The molecule has 0 aromatic heterocycles. The molecule has 0 bridgehead atoms. The van der Waals surface area contributed by atoms with Crippen LogP contribution in [0.3, 0.4) is 0 Å². The molecule has 0 unspecified atom stereocenters. The Balaban J connectivity index is 1.52. The number of unbranched alkanes of at least 4 members (excludes halogenated alkanes) is 1. The van der Waals surface area contributed by atoms with Gasteiger partial charge in [-0.15, -0.1) is 0 Å². The number of aliphatic carboxylic acids is 1. The molecule has 0 radical (unpaired) electrons. The van der Waals surface area contributed by atoms with Crippen molar-refractivity contribution in [3.8, 4) is 0 Å². The van der Waals surface area contributed by atoms with E-state index in [1.54, 1.807) is 6.07 Å². The standard InChI is InChI=1S/C39H47BrN2O8S2/c1-6-7-20-41-32-16-12-26(24-36(43)44)23-30(32)38(2,3)34(41)18-13-27-10-8-11-28(37(27)40)14-19-35-39(4,5)31-25-29(52(48,49)50)15-17-33(31)42(35)21-9-22-51(45,46)47/h12-19,23,25H,6-11,20-22,24H2,1-5H3,(H2-,43,44,45,46,47,48,49,50)/p+1. The second-order valence-electron chi connectivity index (χ2n) is 14.8. The molecule has 3 aliphatic rings. The first-order chi connectivity index (χ1) is 24.3. The van der Waals surface area contributed by atoms with Crippen LogP contribution in [-0.4, -0.2) is 66.1 Å². The van der Waals surface area contributed by atoms with E-state index in [4.69, 9.17) is 0 Å². The summed E-state index contributed by atoms with van der Waals surface area (Å²) in [5, 5.41) is 9.41. The molecule has 2 aromatic rings. The summed E-state index contributed by atoms with van der Waals surface area (Å²) >= 11 is 3.90. The normalized spacial score (nSPS) is 20.0. The van der Waals surface area contributed by atoms with E-state index in [0.717, 1.165) is 82.5 Å². The average molecular weight is 817 g/mol. The Morgan fingerprint density at radius 3 is 2.33 bits per heavy atom. The zero-order valence-corrected chi connectivity index (χ0v) is 33.5. The third-order valence-electron chi connectivity index (χ3n) is 10.3. The van der Waals surface area contributed by atoms with Crippen molar-refractivity contribution in [3.63, 3.8) is 0 Å². The number of nitrogens with zero attached hydrogens (tertiary/aromatic N) is 2. The van der Waals surface area contributed by atoms with Crippen molar-refractivity contribution in [2.45, 2.75) is 95.3 Å². The van der Waals surface area contributed by atoms with E-state index < -0.39 is 37.4 Å². The Bertz CT molecular complexity index is 2160. The monoisotopic (exact) mass is 815 g/mol. The van der Waals surface area contributed by atoms with Crippen LogP contribution in [0.15, 0.2) is 86.9 Å². The van der Waals surface area contributed by atoms with Crippen LogP contribution in [0.2, 0.25) is 0 Å². The van der Waals surface area contributed by atoms with Crippen LogP contribution in [0.25, 0.3) is 0 Å². The number of fused-ring (bicyclic) bond motifs is 2. The van der Waals surface area contributed by atoms with Gasteiger partial charge in [0, 0.05) is 52.0 Å². The molecule has 280 valence electrons. The van der Waals surface area contributed by atoms with Crippen LogP contribution in [-0.2, 0) is 42.3 Å². The van der Waals surface area contributed by atoms with Gasteiger partial charge in [-0.25, -0.2) is 0 Å². The van der Waals surface area contributed by atoms with Gasteiger partial charge in [0.15, 0.2) is 5.71 Å². The SMILES string of the molecule is CCCCN1C(=CC=C2CCCC(C=CC3=[N+](CCCS(=O)(=O)O)c4ccc(S(=O)(=O)O)cc4C3(C)C)=C2Br)C(C)(C)c2cc(CC(=O)O)ccc21. The van der Waals surface area contributed by atoms with E-state index in [-0.39, 0.29) is 29.7 Å². The summed E-state index contributed by atoms with van der Waals surface area (Å²) in [5.41, 5.74) is 7.60. The number of carbonyl (C=O) groups is 1. The molecule has 5 rings (SSSR count). The third kappa shape index (κ3) is 8.38. The zero-order chi connectivity index (χ0) is 38.2. The summed E-state index contributed by atoms with van der Waals surface area (Å²) in [6.45, 7) is 11.6. The van der Waals surface area contributed by atoms with Crippen LogP contribution in [0.4, 0.5) is 11.4 Å². The van der Waals surface area contributed by atoms with Gasteiger partial charge in [-0.05, 0) is 86.1 Å². The van der Waals surface area contributed by atoms with Crippen molar-refractivity contribution in [2.75, 3.05) is 23.7 Å². The van der Waals surface area contributed by atoms with Crippen molar-refractivity contribution in [2.24, 2.45) is 0 Å². The second kappa shape index (κ2) is 15.2. The molecule has 0 saturated heterocycles. The first kappa shape index (κ1) is 39.8. The number of carboxylic acids is 1. The fraction of sp³-hybridized carbons (Fsp3) is 0.436. The maximum absolute atomic E-state index is 12.0. The van der Waals surface area contributed by atoms with Crippen molar-refractivity contribution >= 4 is 59.2 Å². The maximum Gasteiger partial charge on any atom is 0.307 e. The number of hydrogen-bond acceptors (Lipinski definition) is 6. The van der Waals surface area contributed by atoms with Gasteiger partial charge in [-0.1, -0.05) is 67.4 Å². The van der Waals surface area contributed by atoms with Gasteiger partial charge < -0.3 is 10.0 Å². The van der Waals surface area contributed by atoms with Crippen LogP contribution >= 0.6 is 15.9 Å². The predicted octanol–water partition coefficient (Wildman–Crippen LogP) is 8.01. The number of rotatable bonds is 13. The predicted molar refractivity (Wildman–Crippen MR) is 208 cm³/mol. The Morgan fingerprint density at radius 2 is 1.67 bits per heavy atom. The van der Waals surface area contributed by atoms with Crippen LogP contribution < -0.4 is 4.90 Å². The molecule has 2 aromatic carbocycles. The minimum atomic E-state index is -4.45. The van der Waals surface area contributed by atoms with Crippen LogP contribution in [0, 0.1) is 0 Å². The molecule has 10 nitrogen and oxygen atoms in total. The third-order valence-corrected chi connectivity index (χ3v) is 13.0. The Morgan fingerprint density at radius 1 is 0.942 bits per heavy atom.